The van der Waals surface area contributed by atoms with Crippen LogP contribution in [0.3, 0.4) is 0 Å². The van der Waals surface area contributed by atoms with Gasteiger partial charge in [0.05, 0.1) is 24.3 Å². The molecule has 0 amide bonds. The van der Waals surface area contributed by atoms with Gasteiger partial charge in [0, 0.05) is 44.5 Å². The number of carbonyl (C=O) groups excluding carboxylic acids is 2. The zero-order valence-electron chi connectivity index (χ0n) is 27.9. The Bertz CT molecular complexity index is 1920. The van der Waals surface area contributed by atoms with Crippen LogP contribution in [0.2, 0.25) is 0 Å². The Kier molecular flexibility index (Phi) is 11.5. The van der Waals surface area contributed by atoms with Gasteiger partial charge in [-0.1, -0.05) is 63.2 Å². The number of hydrogen-bond donors (Lipinski definition) is 2. The molecule has 0 fully saturated rings. The van der Waals surface area contributed by atoms with Gasteiger partial charge in [-0.2, -0.15) is 0 Å². The fraction of sp³-hybridized carbons (Fsp3) is 0.238. The van der Waals surface area contributed by atoms with Crippen molar-refractivity contribution in [1.82, 2.24) is 0 Å². The van der Waals surface area contributed by atoms with Crippen LogP contribution < -0.4 is 9.47 Å². The van der Waals surface area contributed by atoms with Crippen molar-refractivity contribution in [2.45, 2.75) is 52.4 Å². The molecule has 4 aromatic carbocycles. The minimum absolute atomic E-state index is 0.0408. The van der Waals surface area contributed by atoms with Crippen LogP contribution in [0.15, 0.2) is 72.8 Å². The number of carboxylic acid groups (broad SMARTS) is 2. The Hall–Kier alpha value is -6.12. The summed E-state index contributed by atoms with van der Waals surface area (Å²) in [6, 6.07) is 19.5. The van der Waals surface area contributed by atoms with E-state index in [2.05, 4.69) is 37.5 Å². The van der Waals surface area contributed by atoms with E-state index in [0.29, 0.717) is 35.8 Å². The molecule has 0 unspecified atom stereocenters. The predicted octanol–water partition coefficient (Wildman–Crippen LogP) is 7.80. The van der Waals surface area contributed by atoms with E-state index in [-0.39, 0.29) is 33.4 Å². The van der Waals surface area contributed by atoms with E-state index in [1.807, 2.05) is 0 Å². The number of ketones is 2. The summed E-state index contributed by atoms with van der Waals surface area (Å²) in [7, 11) is 0. The third-order valence-corrected chi connectivity index (χ3v) is 8.21. The number of ether oxygens (including phenoxy) is 2. The molecule has 8 heteroatoms. The lowest BCUT2D eigenvalue weighted by molar-refractivity contribution is 0.0680. The summed E-state index contributed by atoms with van der Waals surface area (Å²) in [4.78, 5) is 52.8. The first-order chi connectivity index (χ1) is 24.2. The van der Waals surface area contributed by atoms with E-state index in [1.54, 1.807) is 48.5 Å². The van der Waals surface area contributed by atoms with Crippen LogP contribution in [0.5, 0.6) is 11.5 Å². The highest BCUT2D eigenvalue weighted by Gasteiger charge is 2.38. The van der Waals surface area contributed by atoms with Gasteiger partial charge in [-0.15, -0.1) is 0 Å². The quantitative estimate of drug-likeness (QED) is 0.102. The summed E-state index contributed by atoms with van der Waals surface area (Å²) in [5.74, 6) is 8.46. The summed E-state index contributed by atoms with van der Waals surface area (Å²) in [5.41, 5.74) is -0.651. The molecule has 0 saturated carbocycles. The van der Waals surface area contributed by atoms with Gasteiger partial charge in [0.25, 0.3) is 0 Å². The zero-order valence-corrected chi connectivity index (χ0v) is 27.9. The standard InChI is InChI=1S/C42H36O8/c1-3-5-7-25-49-31-19-11-27(12-20-31)9-15-29-17-23-33-37(35(29)41(45)46)39(43)34-24-18-30(36(42(47)48)38(34)40(33)44)16-10-28-13-21-32(22-14-28)50-26-8-6-4-2/h11-14,17-24H,3-8,25-26H2,1-2H3,(H,45,46)(H,47,48). The average Bonchev–Trinajstić information content (AvgIpc) is 3.12. The van der Waals surface area contributed by atoms with Crippen molar-refractivity contribution in [1.29, 1.82) is 0 Å². The maximum Gasteiger partial charge on any atom is 0.337 e. The molecule has 0 atom stereocenters. The van der Waals surface area contributed by atoms with Gasteiger partial charge in [-0.05, 0) is 85.6 Å². The average molecular weight is 669 g/mol. The Labute approximate surface area is 291 Å². The van der Waals surface area contributed by atoms with Crippen LogP contribution in [0.25, 0.3) is 0 Å². The van der Waals surface area contributed by atoms with Gasteiger partial charge >= 0.3 is 11.9 Å². The molecule has 0 bridgehead atoms. The molecular weight excluding hydrogens is 632 g/mol. The van der Waals surface area contributed by atoms with Gasteiger partial charge in [-0.3, -0.25) is 9.59 Å². The SMILES string of the molecule is CCCCCOc1ccc(C#Cc2ccc3c(c2C(=O)O)C(=O)c2ccc(C#Cc4ccc(OCCCCC)cc4)c(C(=O)O)c2C3=O)cc1. The molecule has 0 aromatic heterocycles. The molecule has 5 rings (SSSR count). The maximum absolute atomic E-state index is 13.9. The molecule has 50 heavy (non-hydrogen) atoms. The molecular formula is C42H36O8. The fourth-order valence-corrected chi connectivity index (χ4v) is 5.61. The third-order valence-electron chi connectivity index (χ3n) is 8.21. The van der Waals surface area contributed by atoms with Crippen molar-refractivity contribution < 1.29 is 38.9 Å². The third kappa shape index (κ3) is 7.94. The van der Waals surface area contributed by atoms with E-state index in [9.17, 15) is 29.4 Å². The Morgan fingerprint density at radius 2 is 0.920 bits per heavy atom. The summed E-state index contributed by atoms with van der Waals surface area (Å²) < 4.78 is 11.5. The van der Waals surface area contributed by atoms with E-state index >= 15 is 0 Å². The second-order valence-electron chi connectivity index (χ2n) is 11.7. The van der Waals surface area contributed by atoms with Crippen LogP contribution in [-0.2, 0) is 0 Å². The largest absolute Gasteiger partial charge is 0.494 e. The van der Waals surface area contributed by atoms with Gasteiger partial charge in [0.15, 0.2) is 11.6 Å². The lowest BCUT2D eigenvalue weighted by atomic mass is 9.77. The lowest BCUT2D eigenvalue weighted by Gasteiger charge is -2.21. The van der Waals surface area contributed by atoms with Gasteiger partial charge in [-0.25, -0.2) is 9.59 Å². The smallest absolute Gasteiger partial charge is 0.337 e. The zero-order chi connectivity index (χ0) is 35.6. The van der Waals surface area contributed by atoms with Gasteiger partial charge < -0.3 is 19.7 Å². The number of aromatic carboxylic acids is 2. The summed E-state index contributed by atoms with van der Waals surface area (Å²) >= 11 is 0. The lowest BCUT2D eigenvalue weighted by Crippen LogP contribution is -2.27. The fourth-order valence-electron chi connectivity index (χ4n) is 5.61. The first-order valence-corrected chi connectivity index (χ1v) is 16.6. The first kappa shape index (κ1) is 35.2. The number of carbonyl (C=O) groups is 4. The van der Waals surface area contributed by atoms with Crippen molar-refractivity contribution in [3.05, 3.63) is 128 Å². The number of carboxylic acids is 2. The van der Waals surface area contributed by atoms with Crippen molar-refractivity contribution in [3.8, 4) is 35.2 Å². The Balaban J connectivity index is 1.44. The van der Waals surface area contributed by atoms with Crippen LogP contribution >= 0.6 is 0 Å². The minimum Gasteiger partial charge on any atom is -0.494 e. The number of hydrogen-bond acceptors (Lipinski definition) is 6. The van der Waals surface area contributed by atoms with Crippen molar-refractivity contribution in [3.63, 3.8) is 0 Å². The molecule has 0 aliphatic heterocycles. The normalized spacial score (nSPS) is 11.3. The summed E-state index contributed by atoms with van der Waals surface area (Å²) in [6.45, 7) is 5.46. The molecule has 2 N–H and O–H groups in total. The predicted molar refractivity (Wildman–Crippen MR) is 189 cm³/mol. The van der Waals surface area contributed by atoms with Crippen molar-refractivity contribution in [2.24, 2.45) is 0 Å². The molecule has 0 heterocycles. The van der Waals surface area contributed by atoms with E-state index in [0.717, 1.165) is 38.5 Å². The van der Waals surface area contributed by atoms with Crippen LogP contribution in [-0.4, -0.2) is 46.9 Å². The molecule has 0 spiro atoms. The second kappa shape index (κ2) is 16.3. The monoisotopic (exact) mass is 668 g/mol. The van der Waals surface area contributed by atoms with Crippen LogP contribution in [0.4, 0.5) is 0 Å². The van der Waals surface area contributed by atoms with Crippen molar-refractivity contribution in [2.75, 3.05) is 13.2 Å². The number of unbranched alkanes of at least 4 members (excludes halogenated alkanes) is 4. The molecule has 0 radical (unpaired) electrons. The van der Waals surface area contributed by atoms with E-state index in [1.165, 1.54) is 24.3 Å². The molecule has 252 valence electrons. The minimum atomic E-state index is -1.44. The summed E-state index contributed by atoms with van der Waals surface area (Å²) in [6.07, 6.45) is 6.26. The van der Waals surface area contributed by atoms with Crippen LogP contribution in [0.1, 0.15) is 127 Å². The van der Waals surface area contributed by atoms with Crippen LogP contribution in [0, 0.1) is 23.7 Å². The molecule has 8 nitrogen and oxygen atoms in total. The van der Waals surface area contributed by atoms with Gasteiger partial charge in [0.1, 0.15) is 11.5 Å². The molecule has 0 saturated heterocycles. The molecule has 1 aliphatic carbocycles. The van der Waals surface area contributed by atoms with E-state index in [4.69, 9.17) is 9.47 Å². The Morgan fingerprint density at radius 3 is 1.26 bits per heavy atom. The topological polar surface area (TPSA) is 127 Å². The molecule has 4 aromatic rings. The maximum atomic E-state index is 13.9. The van der Waals surface area contributed by atoms with Gasteiger partial charge in [0.2, 0.25) is 0 Å². The van der Waals surface area contributed by atoms with Crippen molar-refractivity contribution >= 4 is 23.5 Å². The Morgan fingerprint density at radius 1 is 0.540 bits per heavy atom. The number of fused-ring (bicyclic) bond motifs is 2. The second-order valence-corrected chi connectivity index (χ2v) is 11.7. The number of benzene rings is 4. The molecule has 1 aliphatic rings. The first-order valence-electron chi connectivity index (χ1n) is 16.6. The number of rotatable bonds is 12. The van der Waals surface area contributed by atoms with E-state index < -0.39 is 34.6 Å². The highest BCUT2D eigenvalue weighted by molar-refractivity contribution is 6.32. The summed E-state index contributed by atoms with van der Waals surface area (Å²) in [5, 5.41) is 20.4. The highest BCUT2D eigenvalue weighted by atomic mass is 16.5. The highest BCUT2D eigenvalue weighted by Crippen LogP contribution is 2.34.